The number of rotatable bonds is 26. The number of hydrogen-bond acceptors (Lipinski definition) is 10. The van der Waals surface area contributed by atoms with Crippen molar-refractivity contribution in [3.8, 4) is 0 Å². The number of methoxy groups -OCH3 is 1. The van der Waals surface area contributed by atoms with Crippen LogP contribution in [0.25, 0.3) is 0 Å². The first-order valence-electron chi connectivity index (χ1n) is 29.0. The summed E-state index contributed by atoms with van der Waals surface area (Å²) in [6.07, 6.45) is -3.05. The van der Waals surface area contributed by atoms with Gasteiger partial charge >= 0.3 is 0 Å². The molecule has 0 aliphatic carbocycles. The molecule has 2 aliphatic rings. The molecule has 2 saturated heterocycles. The number of hydrogen-bond donors (Lipinski definition) is 0. The highest BCUT2D eigenvalue weighted by molar-refractivity contribution is 6.99. The average molecular weight is 1130 g/mol. The summed E-state index contributed by atoms with van der Waals surface area (Å²) in [6, 6.07) is 82.4. The molecule has 2 heterocycles. The van der Waals surface area contributed by atoms with Crippen LogP contribution >= 0.6 is 0 Å². The van der Waals surface area contributed by atoms with Gasteiger partial charge in [-0.1, -0.05) is 276 Å². The Labute approximate surface area is 492 Å². The molecule has 430 valence electrons. The summed E-state index contributed by atoms with van der Waals surface area (Å²) in [7, 11) is -1.48. The Morgan fingerprint density at radius 3 is 0.952 bits per heavy atom. The van der Waals surface area contributed by atoms with Crippen molar-refractivity contribution in [2.24, 2.45) is 0 Å². The Morgan fingerprint density at radius 2 is 0.627 bits per heavy atom. The topological polar surface area (TPSA) is 92.3 Å². The third kappa shape index (κ3) is 15.6. The van der Waals surface area contributed by atoms with Crippen LogP contribution in [0.3, 0.4) is 0 Å². The maximum atomic E-state index is 7.79. The van der Waals surface area contributed by atoms with E-state index in [2.05, 4.69) is 142 Å². The van der Waals surface area contributed by atoms with Gasteiger partial charge in [-0.15, -0.1) is 0 Å². The van der Waals surface area contributed by atoms with Crippen LogP contribution in [0.1, 0.15) is 54.2 Å². The van der Waals surface area contributed by atoms with E-state index < -0.39 is 69.5 Å². The lowest BCUT2D eigenvalue weighted by molar-refractivity contribution is -0.309. The molecule has 11 heteroatoms. The molecule has 0 N–H and O–H groups in total. The summed E-state index contributed by atoms with van der Waals surface area (Å²) in [5.74, 6) is 0. The summed E-state index contributed by atoms with van der Waals surface area (Å²) in [5.41, 5.74) is 6.05. The second-order valence-electron chi connectivity index (χ2n) is 22.3. The van der Waals surface area contributed by atoms with Gasteiger partial charge in [-0.3, -0.25) is 0 Å². The Hall–Kier alpha value is -6.68. The molecule has 0 spiro atoms. The summed E-state index contributed by atoms with van der Waals surface area (Å²) in [4.78, 5) is 0. The van der Waals surface area contributed by atoms with Gasteiger partial charge in [0.1, 0.15) is 54.9 Å². The van der Waals surface area contributed by atoms with Gasteiger partial charge < -0.3 is 47.1 Å². The Balaban J connectivity index is 1.07. The first-order valence-corrected chi connectivity index (χ1v) is 30.9. The molecule has 2 fully saturated rings. The van der Waals surface area contributed by atoms with Crippen molar-refractivity contribution in [3.05, 3.63) is 288 Å². The molecule has 83 heavy (non-hydrogen) atoms. The van der Waals surface area contributed by atoms with Crippen molar-refractivity contribution in [2.45, 2.75) is 127 Å². The fourth-order valence-corrected chi connectivity index (χ4v) is 15.9. The molecule has 0 bridgehead atoms. The zero-order valence-electron chi connectivity index (χ0n) is 48.1. The molecule has 0 saturated carbocycles. The third-order valence-electron chi connectivity index (χ3n) is 15.5. The van der Waals surface area contributed by atoms with Crippen LogP contribution in [0, 0.1) is 0 Å². The van der Waals surface area contributed by atoms with Gasteiger partial charge in [0, 0.05) is 7.11 Å². The Morgan fingerprint density at radius 1 is 0.349 bits per heavy atom. The first kappa shape index (κ1) is 59.5. The fraction of sp³-hybridized carbons (Fsp3) is 0.306. The Kier molecular flexibility index (Phi) is 21.3. The summed E-state index contributed by atoms with van der Waals surface area (Å²) in [6.45, 7) is 8.81. The van der Waals surface area contributed by atoms with Crippen molar-refractivity contribution in [1.82, 2.24) is 0 Å². The van der Waals surface area contributed by atoms with E-state index in [1.807, 2.05) is 133 Å². The molecule has 2 aliphatic heterocycles. The van der Waals surface area contributed by atoms with Crippen molar-refractivity contribution < 1.29 is 47.1 Å². The van der Waals surface area contributed by atoms with Gasteiger partial charge in [-0.05, 0) is 48.8 Å². The molecular formula is C72H78O10Si. The van der Waals surface area contributed by atoms with Crippen LogP contribution in [0.2, 0.25) is 5.04 Å². The van der Waals surface area contributed by atoms with E-state index in [4.69, 9.17) is 47.1 Å². The standard InChI is InChI=1S/C72H78O10Si/c1-72(2,3)83(60-41-25-11-26-42-60,61-43-27-12-28-44-61)80-53-64-67(76-49-56-33-17-7-18-34-56)68(77-50-57-35-19-8-20-36-57)65(74-47-54-29-13-5-14-30-54)62(81-64)45-46-63-66(75-48-55-31-15-6-16-32-55)69(78-51-58-37-21-9-22-38-58)70(71(73-4)82-63)79-52-59-39-23-10-24-40-59/h5-46,62-71H,47-53H2,1-4H3/t62-,63+,64+,65-,66-,67-,68+,69-,70+,71-/m0/s1. The van der Waals surface area contributed by atoms with E-state index >= 15 is 0 Å². The second-order valence-corrected chi connectivity index (χ2v) is 26.6. The van der Waals surface area contributed by atoms with Crippen molar-refractivity contribution in [2.75, 3.05) is 13.7 Å². The highest BCUT2D eigenvalue weighted by Crippen LogP contribution is 2.39. The van der Waals surface area contributed by atoms with Crippen molar-refractivity contribution >= 4 is 18.7 Å². The molecular weight excluding hydrogens is 1050 g/mol. The van der Waals surface area contributed by atoms with E-state index in [1.54, 1.807) is 7.11 Å². The summed E-state index contributed by atoms with van der Waals surface area (Å²) in [5, 5.41) is 2.00. The molecule has 0 aromatic heterocycles. The highest BCUT2D eigenvalue weighted by Gasteiger charge is 2.54. The van der Waals surface area contributed by atoms with Gasteiger partial charge in [0.25, 0.3) is 8.32 Å². The largest absolute Gasteiger partial charge is 0.405 e. The average Bonchev–Trinajstić information content (AvgIpc) is 3.72. The van der Waals surface area contributed by atoms with Crippen molar-refractivity contribution in [1.29, 1.82) is 0 Å². The zero-order chi connectivity index (χ0) is 57.1. The molecule has 0 unspecified atom stereocenters. The maximum Gasteiger partial charge on any atom is 0.261 e. The minimum absolute atomic E-state index is 0.179. The third-order valence-corrected chi connectivity index (χ3v) is 20.5. The van der Waals surface area contributed by atoms with Crippen molar-refractivity contribution in [3.63, 3.8) is 0 Å². The molecule has 8 aromatic rings. The number of benzene rings is 8. The zero-order valence-corrected chi connectivity index (χ0v) is 49.1. The van der Waals surface area contributed by atoms with Crippen LogP contribution in [0.15, 0.2) is 255 Å². The molecule has 10 rings (SSSR count). The normalized spacial score (nSPS) is 23.0. The molecule has 10 nitrogen and oxygen atoms in total. The lowest BCUT2D eigenvalue weighted by atomic mass is 9.92. The molecule has 0 radical (unpaired) electrons. The summed E-state index contributed by atoms with van der Waals surface area (Å²) >= 11 is 0. The predicted octanol–water partition coefficient (Wildman–Crippen LogP) is 12.8. The highest BCUT2D eigenvalue weighted by atomic mass is 28.4. The minimum Gasteiger partial charge on any atom is -0.405 e. The molecule has 0 amide bonds. The van der Waals surface area contributed by atoms with Crippen LogP contribution in [0.4, 0.5) is 0 Å². The van der Waals surface area contributed by atoms with Gasteiger partial charge in [-0.25, -0.2) is 0 Å². The molecule has 8 aromatic carbocycles. The fourth-order valence-electron chi connectivity index (χ4n) is 11.3. The van der Waals surface area contributed by atoms with Crippen LogP contribution < -0.4 is 10.4 Å². The summed E-state index contributed by atoms with van der Waals surface area (Å²) < 4.78 is 71.3. The number of ether oxygens (including phenoxy) is 9. The van der Waals surface area contributed by atoms with Crippen LogP contribution in [-0.4, -0.2) is 83.3 Å². The first-order chi connectivity index (χ1) is 40.8. The quantitative estimate of drug-likeness (QED) is 0.0386. The lowest BCUT2D eigenvalue weighted by Crippen LogP contribution is -2.68. The predicted molar refractivity (Wildman–Crippen MR) is 327 cm³/mol. The van der Waals surface area contributed by atoms with E-state index in [0.717, 1.165) is 43.8 Å². The Bertz CT molecular complexity index is 3080. The van der Waals surface area contributed by atoms with E-state index in [9.17, 15) is 0 Å². The second kappa shape index (κ2) is 29.7. The van der Waals surface area contributed by atoms with E-state index in [0.29, 0.717) is 26.4 Å². The smallest absolute Gasteiger partial charge is 0.261 e. The maximum absolute atomic E-state index is 7.79. The monoisotopic (exact) mass is 1130 g/mol. The lowest BCUT2D eigenvalue weighted by Gasteiger charge is -2.48. The molecule has 10 atom stereocenters. The van der Waals surface area contributed by atoms with Crippen LogP contribution in [-0.2, 0) is 86.7 Å². The van der Waals surface area contributed by atoms with E-state index in [1.165, 1.54) is 0 Å². The van der Waals surface area contributed by atoms with Crippen LogP contribution in [0.5, 0.6) is 0 Å². The minimum atomic E-state index is -3.12. The van der Waals surface area contributed by atoms with Gasteiger partial charge in [0.05, 0.1) is 46.2 Å². The van der Waals surface area contributed by atoms with Gasteiger partial charge in [0.15, 0.2) is 6.29 Å². The SMILES string of the molecule is CO[C@H]1O[C@H](C=C[C@@H]2O[C@H](CO[Si](c3ccccc3)(c3ccccc3)C(C)(C)C)[C@H](OCc3ccccc3)[C@H](OCc3ccccc3)[C@H]2OCc2ccccc2)[C@H](OCc2ccccc2)[C@H](OCc2ccccc2)[C@H]1OCc1ccccc1. The van der Waals surface area contributed by atoms with Gasteiger partial charge in [0.2, 0.25) is 0 Å². The van der Waals surface area contributed by atoms with E-state index in [-0.39, 0.29) is 24.9 Å². The van der Waals surface area contributed by atoms with Gasteiger partial charge in [-0.2, -0.15) is 0 Å².